The molecule has 0 fully saturated rings. The molecule has 1 nitrogen and oxygen atoms in total. The summed E-state index contributed by atoms with van der Waals surface area (Å²) in [7, 11) is 0. The quantitative estimate of drug-likeness (QED) is 0.721. The lowest BCUT2D eigenvalue weighted by molar-refractivity contribution is 0.584. The molecule has 0 bridgehead atoms. The molecule has 0 aliphatic heterocycles. The van der Waals surface area contributed by atoms with Gasteiger partial charge in [0.25, 0.3) is 0 Å². The smallest absolute Gasteiger partial charge is 0.0411 e. The molecule has 1 unspecified atom stereocenters. The minimum absolute atomic E-state index is 0.239. The zero-order valence-electron chi connectivity index (χ0n) is 13.1. The Kier molecular flexibility index (Phi) is 6.95. The van der Waals surface area contributed by atoms with Gasteiger partial charge in [-0.3, -0.25) is 0 Å². The van der Waals surface area contributed by atoms with Gasteiger partial charge in [0.05, 0.1) is 0 Å². The minimum atomic E-state index is 0.239. The van der Waals surface area contributed by atoms with E-state index < -0.39 is 0 Å². The van der Waals surface area contributed by atoms with Crippen LogP contribution in [0.4, 0.5) is 0 Å². The number of rotatable bonds is 7. The molecule has 0 aliphatic carbocycles. The molecular weight excluding hydrogens is 250 g/mol. The molecule has 1 N–H and O–H groups in total. The maximum Gasteiger partial charge on any atom is 0.0411 e. The van der Waals surface area contributed by atoms with Crippen molar-refractivity contribution in [2.45, 2.75) is 52.5 Å². The third-order valence-electron chi connectivity index (χ3n) is 3.26. The van der Waals surface area contributed by atoms with Crippen LogP contribution in [0.15, 0.2) is 24.3 Å². The van der Waals surface area contributed by atoms with E-state index in [1.54, 1.807) is 0 Å². The molecule has 0 aromatic heterocycles. The van der Waals surface area contributed by atoms with Crippen molar-refractivity contribution in [2.75, 3.05) is 18.1 Å². The van der Waals surface area contributed by atoms with Gasteiger partial charge in [0, 0.05) is 11.8 Å². The second-order valence-electron chi connectivity index (χ2n) is 6.06. The molecule has 0 spiro atoms. The summed E-state index contributed by atoms with van der Waals surface area (Å²) in [5.41, 5.74) is 3.06. The fraction of sp³-hybridized carbons (Fsp3) is 0.647. The average molecular weight is 279 g/mol. The predicted molar refractivity (Wildman–Crippen MR) is 89.2 cm³/mol. The standard InChI is InChI=1S/C17H29NS/c1-6-12-19-13-16(18-7-2)14-8-10-15(11-9-14)17(3,4)5/h8-11,16,18H,6-7,12-13H2,1-5H3. The highest BCUT2D eigenvalue weighted by molar-refractivity contribution is 7.99. The molecule has 1 atom stereocenters. The molecule has 2 heteroatoms. The second kappa shape index (κ2) is 7.96. The lowest BCUT2D eigenvalue weighted by atomic mass is 9.86. The molecule has 1 rings (SSSR count). The van der Waals surface area contributed by atoms with Crippen molar-refractivity contribution in [3.63, 3.8) is 0 Å². The Morgan fingerprint density at radius 3 is 2.21 bits per heavy atom. The summed E-state index contributed by atoms with van der Waals surface area (Å²) in [4.78, 5) is 0. The van der Waals surface area contributed by atoms with Gasteiger partial charge in [-0.25, -0.2) is 0 Å². The van der Waals surface area contributed by atoms with Crippen LogP contribution < -0.4 is 5.32 Å². The summed E-state index contributed by atoms with van der Waals surface area (Å²) in [6.07, 6.45) is 1.26. The van der Waals surface area contributed by atoms with Crippen LogP contribution in [0.2, 0.25) is 0 Å². The van der Waals surface area contributed by atoms with Crippen LogP contribution >= 0.6 is 11.8 Å². The molecule has 0 aliphatic rings. The average Bonchev–Trinajstić information content (AvgIpc) is 2.37. The first-order chi connectivity index (χ1) is 8.99. The molecule has 1 aromatic carbocycles. The predicted octanol–water partition coefficient (Wildman–Crippen LogP) is 4.78. The molecule has 1 aromatic rings. The summed E-state index contributed by atoms with van der Waals surface area (Å²) >= 11 is 2.04. The number of nitrogens with one attached hydrogen (secondary N) is 1. The third kappa shape index (κ3) is 5.58. The molecule has 0 radical (unpaired) electrons. The first kappa shape index (κ1) is 16.6. The molecule has 19 heavy (non-hydrogen) atoms. The fourth-order valence-electron chi connectivity index (χ4n) is 2.08. The van der Waals surface area contributed by atoms with Gasteiger partial charge in [0.15, 0.2) is 0 Å². The maximum atomic E-state index is 3.60. The Balaban J connectivity index is 2.73. The van der Waals surface area contributed by atoms with Crippen molar-refractivity contribution in [1.29, 1.82) is 0 Å². The highest BCUT2D eigenvalue weighted by Crippen LogP contribution is 2.25. The number of thioether (sulfide) groups is 1. The summed E-state index contributed by atoms with van der Waals surface area (Å²) in [6.45, 7) is 12.2. The first-order valence-corrected chi connectivity index (χ1v) is 8.56. The van der Waals surface area contributed by atoms with Gasteiger partial charge in [0.1, 0.15) is 0 Å². The fourth-order valence-corrected chi connectivity index (χ4v) is 3.08. The SMILES string of the molecule is CCCSCC(NCC)c1ccc(C(C)(C)C)cc1. The van der Waals surface area contributed by atoms with Crippen molar-refractivity contribution < 1.29 is 0 Å². The molecule has 0 heterocycles. The van der Waals surface area contributed by atoms with Gasteiger partial charge >= 0.3 is 0 Å². The summed E-state index contributed by atoms with van der Waals surface area (Å²) < 4.78 is 0. The van der Waals surface area contributed by atoms with Crippen molar-refractivity contribution >= 4 is 11.8 Å². The van der Waals surface area contributed by atoms with Crippen molar-refractivity contribution in [3.8, 4) is 0 Å². The summed E-state index contributed by atoms with van der Waals surface area (Å²) in [6, 6.07) is 9.63. The van der Waals surface area contributed by atoms with E-state index in [2.05, 4.69) is 64.2 Å². The maximum absolute atomic E-state index is 3.60. The lowest BCUT2D eigenvalue weighted by Crippen LogP contribution is -2.23. The Labute approximate surface area is 123 Å². The van der Waals surface area contributed by atoms with Crippen LogP contribution in [0.5, 0.6) is 0 Å². The van der Waals surface area contributed by atoms with Crippen LogP contribution in [0.3, 0.4) is 0 Å². The van der Waals surface area contributed by atoms with Gasteiger partial charge in [-0.2, -0.15) is 11.8 Å². The normalized spacial score (nSPS) is 13.5. The zero-order valence-corrected chi connectivity index (χ0v) is 13.9. The Morgan fingerprint density at radius 2 is 1.74 bits per heavy atom. The third-order valence-corrected chi connectivity index (χ3v) is 4.53. The molecular formula is C17H29NS. The van der Waals surface area contributed by atoms with Gasteiger partial charge in [0.2, 0.25) is 0 Å². The topological polar surface area (TPSA) is 12.0 Å². The van der Waals surface area contributed by atoms with E-state index in [9.17, 15) is 0 Å². The van der Waals surface area contributed by atoms with Crippen LogP contribution in [0, 0.1) is 0 Å². The molecule has 0 amide bonds. The van der Waals surface area contributed by atoms with Crippen molar-refractivity contribution in [3.05, 3.63) is 35.4 Å². The Hall–Kier alpha value is -0.470. The number of hydrogen-bond donors (Lipinski definition) is 1. The van der Waals surface area contributed by atoms with E-state index in [4.69, 9.17) is 0 Å². The zero-order chi connectivity index (χ0) is 14.3. The van der Waals surface area contributed by atoms with E-state index in [1.165, 1.54) is 23.3 Å². The van der Waals surface area contributed by atoms with E-state index >= 15 is 0 Å². The Morgan fingerprint density at radius 1 is 1.11 bits per heavy atom. The molecule has 0 saturated heterocycles. The largest absolute Gasteiger partial charge is 0.310 e. The van der Waals surface area contributed by atoms with E-state index in [1.807, 2.05) is 11.8 Å². The van der Waals surface area contributed by atoms with Crippen LogP contribution in [-0.4, -0.2) is 18.1 Å². The monoisotopic (exact) mass is 279 g/mol. The minimum Gasteiger partial charge on any atom is -0.310 e. The molecule has 108 valence electrons. The van der Waals surface area contributed by atoms with Gasteiger partial charge in [-0.15, -0.1) is 0 Å². The van der Waals surface area contributed by atoms with Crippen LogP contribution in [0.1, 0.15) is 58.2 Å². The lowest BCUT2D eigenvalue weighted by Gasteiger charge is -2.22. The van der Waals surface area contributed by atoms with Crippen LogP contribution in [-0.2, 0) is 5.41 Å². The van der Waals surface area contributed by atoms with Crippen LogP contribution in [0.25, 0.3) is 0 Å². The van der Waals surface area contributed by atoms with Gasteiger partial charge < -0.3 is 5.32 Å². The number of benzene rings is 1. The second-order valence-corrected chi connectivity index (χ2v) is 7.21. The van der Waals surface area contributed by atoms with E-state index in [-0.39, 0.29) is 5.41 Å². The highest BCUT2D eigenvalue weighted by atomic mass is 32.2. The highest BCUT2D eigenvalue weighted by Gasteiger charge is 2.15. The van der Waals surface area contributed by atoms with Gasteiger partial charge in [-0.1, -0.05) is 58.9 Å². The van der Waals surface area contributed by atoms with Crippen molar-refractivity contribution in [1.82, 2.24) is 5.32 Å². The van der Waals surface area contributed by atoms with E-state index in [0.717, 1.165) is 12.3 Å². The summed E-state index contributed by atoms with van der Waals surface area (Å²) in [5, 5.41) is 3.60. The van der Waals surface area contributed by atoms with Gasteiger partial charge in [-0.05, 0) is 35.3 Å². The van der Waals surface area contributed by atoms with Crippen molar-refractivity contribution in [2.24, 2.45) is 0 Å². The van der Waals surface area contributed by atoms with E-state index in [0.29, 0.717) is 6.04 Å². The number of hydrogen-bond acceptors (Lipinski definition) is 2. The Bertz CT molecular complexity index is 351. The molecule has 0 saturated carbocycles. The first-order valence-electron chi connectivity index (χ1n) is 7.40. The summed E-state index contributed by atoms with van der Waals surface area (Å²) in [5.74, 6) is 2.42.